The van der Waals surface area contributed by atoms with E-state index in [2.05, 4.69) is 5.32 Å². The Morgan fingerprint density at radius 3 is 2.08 bits per heavy atom. The monoisotopic (exact) mass is 735 g/mol. The first-order valence-electron chi connectivity index (χ1n) is 16.0. The molecule has 49 heavy (non-hydrogen) atoms. The van der Waals surface area contributed by atoms with Crippen LogP contribution in [0.3, 0.4) is 0 Å². The molecule has 1 saturated carbocycles. The number of carbonyl (C=O) groups excluding carboxylic acids is 2. The third kappa shape index (κ3) is 8.84. The first-order valence-corrected chi connectivity index (χ1v) is 18.2. The maximum Gasteiger partial charge on any atom is 0.265 e. The minimum atomic E-state index is -4.50. The van der Waals surface area contributed by atoms with Gasteiger partial charge in [-0.25, -0.2) is 8.42 Å². The molecular weight excluding hydrogens is 693 g/mol. The van der Waals surface area contributed by atoms with Crippen molar-refractivity contribution in [2.24, 2.45) is 0 Å². The molecule has 0 bridgehead atoms. The van der Waals surface area contributed by atoms with Crippen LogP contribution >= 0.6 is 23.2 Å². The van der Waals surface area contributed by atoms with Crippen molar-refractivity contribution in [1.82, 2.24) is 10.2 Å². The van der Waals surface area contributed by atoms with Crippen LogP contribution < -0.4 is 28.6 Å². The molecule has 3 aromatic carbocycles. The van der Waals surface area contributed by atoms with Crippen LogP contribution in [0.4, 0.5) is 5.69 Å². The second-order valence-corrected chi connectivity index (χ2v) is 14.2. The predicted octanol–water partition coefficient (Wildman–Crippen LogP) is 6.48. The fourth-order valence-corrected chi connectivity index (χ4v) is 7.88. The Morgan fingerprint density at radius 1 is 0.857 bits per heavy atom. The quantitative estimate of drug-likeness (QED) is 0.188. The molecular formula is C35H43Cl2N3O8S. The first kappa shape index (κ1) is 37.9. The largest absolute Gasteiger partial charge is 0.497 e. The SMILES string of the molecule is CC[C@H](C(=O)NC1CCCCC1)N(Cc1c(Cl)cccc1Cl)C(=O)CN(c1cc(OC)ccc1OC)S(=O)(=O)c1ccc(OC)c(OC)c1. The van der Waals surface area contributed by atoms with Gasteiger partial charge in [-0.15, -0.1) is 0 Å². The van der Waals surface area contributed by atoms with Gasteiger partial charge in [-0.1, -0.05) is 55.5 Å². The van der Waals surface area contributed by atoms with Crippen molar-refractivity contribution in [2.75, 3.05) is 39.3 Å². The summed E-state index contributed by atoms with van der Waals surface area (Å²) < 4.78 is 51.8. The lowest BCUT2D eigenvalue weighted by molar-refractivity contribution is -0.140. The second kappa shape index (κ2) is 17.2. The molecule has 1 aliphatic carbocycles. The number of anilines is 1. The highest BCUT2D eigenvalue weighted by molar-refractivity contribution is 7.92. The molecule has 0 spiro atoms. The van der Waals surface area contributed by atoms with E-state index >= 15 is 0 Å². The van der Waals surface area contributed by atoms with Gasteiger partial charge in [-0.3, -0.25) is 13.9 Å². The summed E-state index contributed by atoms with van der Waals surface area (Å²) in [7, 11) is 1.16. The van der Waals surface area contributed by atoms with Gasteiger partial charge in [0, 0.05) is 40.3 Å². The molecule has 266 valence electrons. The zero-order chi connectivity index (χ0) is 35.7. The lowest BCUT2D eigenvalue weighted by Crippen LogP contribution is -2.54. The summed E-state index contributed by atoms with van der Waals surface area (Å²) in [5, 5.41) is 3.73. The maximum atomic E-state index is 14.6. The average molecular weight is 737 g/mol. The van der Waals surface area contributed by atoms with Gasteiger partial charge in [0.05, 0.1) is 39.0 Å². The van der Waals surface area contributed by atoms with Crippen molar-refractivity contribution in [1.29, 1.82) is 0 Å². The average Bonchev–Trinajstić information content (AvgIpc) is 3.11. The Labute approximate surface area is 298 Å². The number of amides is 2. The van der Waals surface area contributed by atoms with Crippen molar-refractivity contribution in [3.8, 4) is 23.0 Å². The van der Waals surface area contributed by atoms with Crippen molar-refractivity contribution in [2.45, 2.75) is 69.0 Å². The van der Waals surface area contributed by atoms with Gasteiger partial charge >= 0.3 is 0 Å². The number of nitrogens with zero attached hydrogens (tertiary/aromatic N) is 2. The number of halogens is 2. The lowest BCUT2D eigenvalue weighted by atomic mass is 9.95. The maximum absolute atomic E-state index is 14.6. The highest BCUT2D eigenvalue weighted by Gasteiger charge is 2.36. The molecule has 0 radical (unpaired) electrons. The summed E-state index contributed by atoms with van der Waals surface area (Å²) in [6, 6.07) is 12.7. The third-order valence-electron chi connectivity index (χ3n) is 8.60. The van der Waals surface area contributed by atoms with Gasteiger partial charge in [0.2, 0.25) is 11.8 Å². The first-order chi connectivity index (χ1) is 23.5. The Morgan fingerprint density at radius 2 is 1.49 bits per heavy atom. The fourth-order valence-electron chi connectivity index (χ4n) is 5.93. The number of carbonyl (C=O) groups is 2. The van der Waals surface area contributed by atoms with Gasteiger partial charge in [0.1, 0.15) is 24.1 Å². The van der Waals surface area contributed by atoms with E-state index in [4.69, 9.17) is 42.1 Å². The van der Waals surface area contributed by atoms with Gasteiger partial charge < -0.3 is 29.2 Å². The molecule has 0 saturated heterocycles. The molecule has 0 aliphatic heterocycles. The van der Waals surface area contributed by atoms with Crippen LogP contribution in [0.1, 0.15) is 51.0 Å². The van der Waals surface area contributed by atoms with Crippen LogP contribution in [0.25, 0.3) is 0 Å². The second-order valence-electron chi connectivity index (χ2n) is 11.6. The highest BCUT2D eigenvalue weighted by atomic mass is 35.5. The van der Waals surface area contributed by atoms with Crippen LogP contribution in [0.5, 0.6) is 23.0 Å². The normalized spacial score (nSPS) is 14.0. The van der Waals surface area contributed by atoms with Gasteiger partial charge in [0.15, 0.2) is 11.5 Å². The molecule has 1 N–H and O–H groups in total. The van der Waals surface area contributed by atoms with Crippen molar-refractivity contribution in [3.05, 3.63) is 70.2 Å². The number of methoxy groups -OCH3 is 4. The molecule has 4 rings (SSSR count). The number of rotatable bonds is 15. The summed E-state index contributed by atoms with van der Waals surface area (Å²) in [5.41, 5.74) is 0.469. The van der Waals surface area contributed by atoms with E-state index in [9.17, 15) is 18.0 Å². The highest BCUT2D eigenvalue weighted by Crippen LogP contribution is 2.38. The molecule has 1 atom stereocenters. The molecule has 1 fully saturated rings. The molecule has 0 unspecified atom stereocenters. The summed E-state index contributed by atoms with van der Waals surface area (Å²) >= 11 is 13.1. The van der Waals surface area contributed by atoms with E-state index in [1.54, 1.807) is 37.3 Å². The Kier molecular flexibility index (Phi) is 13.3. The standard InChI is InChI=1S/C35H43Cl2N3O8S/c1-6-29(35(42)38-23-11-8-7-9-12-23)39(21-26-27(36)13-10-14-28(26)37)34(41)22-40(30-19-24(45-2)15-17-31(30)46-3)49(43,44)25-16-18-32(47-4)33(20-25)48-5/h10,13-20,23,29H,6-9,11-12,21-22H2,1-5H3,(H,38,42)/t29-/m1/s1. The van der Waals surface area contributed by atoms with Crippen LogP contribution in [-0.2, 0) is 26.2 Å². The Bertz CT molecular complexity index is 1710. The number of ether oxygens (including phenoxy) is 4. The van der Waals surface area contributed by atoms with Crippen LogP contribution in [-0.4, -0.2) is 72.2 Å². The smallest absolute Gasteiger partial charge is 0.265 e. The molecule has 14 heteroatoms. The topological polar surface area (TPSA) is 124 Å². The van der Waals surface area contributed by atoms with E-state index < -0.39 is 28.5 Å². The Balaban J connectivity index is 1.84. The summed E-state index contributed by atoms with van der Waals surface area (Å²) in [6.45, 7) is 0.936. The minimum absolute atomic E-state index is 0.0147. The summed E-state index contributed by atoms with van der Waals surface area (Å²) in [4.78, 5) is 29.7. The molecule has 0 aromatic heterocycles. The zero-order valence-corrected chi connectivity index (χ0v) is 30.7. The van der Waals surface area contributed by atoms with Gasteiger partial charge in [0.25, 0.3) is 10.0 Å². The van der Waals surface area contributed by atoms with Crippen molar-refractivity contribution >= 4 is 50.7 Å². The number of nitrogens with one attached hydrogen (secondary N) is 1. The van der Waals surface area contributed by atoms with Crippen molar-refractivity contribution < 1.29 is 37.0 Å². The summed E-state index contributed by atoms with van der Waals surface area (Å²) in [5.74, 6) is -0.0163. The number of sulfonamides is 1. The lowest BCUT2D eigenvalue weighted by Gasteiger charge is -2.35. The van der Waals surface area contributed by atoms with E-state index in [0.29, 0.717) is 27.1 Å². The molecule has 3 aromatic rings. The van der Waals surface area contributed by atoms with Crippen LogP contribution in [0.2, 0.25) is 10.0 Å². The van der Waals surface area contributed by atoms with Gasteiger partial charge in [-0.2, -0.15) is 0 Å². The molecule has 2 amide bonds. The van der Waals surface area contributed by atoms with E-state index in [-0.39, 0.29) is 47.0 Å². The fraction of sp³-hybridized carbons (Fsp3) is 0.429. The molecule has 1 aliphatic rings. The Hall–Kier alpha value is -3.87. The van der Waals surface area contributed by atoms with E-state index in [1.165, 1.54) is 57.6 Å². The zero-order valence-electron chi connectivity index (χ0n) is 28.3. The minimum Gasteiger partial charge on any atom is -0.497 e. The third-order valence-corrected chi connectivity index (χ3v) is 11.1. The number of hydrogen-bond donors (Lipinski definition) is 1. The van der Waals surface area contributed by atoms with Crippen molar-refractivity contribution in [3.63, 3.8) is 0 Å². The number of hydrogen-bond acceptors (Lipinski definition) is 8. The van der Waals surface area contributed by atoms with E-state index in [0.717, 1.165) is 36.4 Å². The van der Waals surface area contributed by atoms with Crippen LogP contribution in [0.15, 0.2) is 59.5 Å². The molecule has 11 nitrogen and oxygen atoms in total. The van der Waals surface area contributed by atoms with Crippen LogP contribution in [0, 0.1) is 0 Å². The van der Waals surface area contributed by atoms with E-state index in [1.807, 2.05) is 0 Å². The number of benzene rings is 3. The summed E-state index contributed by atoms with van der Waals surface area (Å²) in [6.07, 6.45) is 5.06. The van der Waals surface area contributed by atoms with Gasteiger partial charge in [-0.05, 0) is 55.7 Å². The predicted molar refractivity (Wildman–Crippen MR) is 190 cm³/mol. The molecule has 0 heterocycles.